The lowest BCUT2D eigenvalue weighted by Gasteiger charge is -2.42. The fraction of sp³-hybridized carbons (Fsp3) is 0.174. The third-order valence-corrected chi connectivity index (χ3v) is 6.33. The molecule has 6 heteroatoms. The molecule has 2 aliphatic rings. The van der Waals surface area contributed by atoms with E-state index in [1.54, 1.807) is 26.0 Å². The predicted molar refractivity (Wildman–Crippen MR) is 113 cm³/mol. The summed E-state index contributed by atoms with van der Waals surface area (Å²) in [6.45, 7) is 0. The van der Waals surface area contributed by atoms with Gasteiger partial charge in [-0.1, -0.05) is 65.8 Å². The highest BCUT2D eigenvalue weighted by Crippen LogP contribution is 2.52. The van der Waals surface area contributed by atoms with E-state index in [9.17, 15) is 0 Å². The molecule has 3 aromatic rings. The zero-order valence-electron chi connectivity index (χ0n) is 16.2. The maximum atomic E-state index is 6.30. The quantitative estimate of drug-likeness (QED) is 0.633. The van der Waals surface area contributed by atoms with Crippen LogP contribution in [0.3, 0.4) is 0 Å². The molecule has 0 aliphatic carbocycles. The van der Waals surface area contributed by atoms with E-state index < -0.39 is 5.72 Å². The first kappa shape index (κ1) is 17.9. The highest BCUT2D eigenvalue weighted by atomic mass is 32.2. The van der Waals surface area contributed by atoms with E-state index in [1.807, 2.05) is 48.5 Å². The third-order valence-electron chi connectivity index (χ3n) is 5.30. The van der Waals surface area contributed by atoms with Gasteiger partial charge in [0.15, 0.2) is 17.3 Å². The molecule has 0 N–H and O–H groups in total. The van der Waals surface area contributed by atoms with Gasteiger partial charge in [-0.15, -0.1) is 11.8 Å². The number of amidine groups is 1. The number of benzene rings is 3. The van der Waals surface area contributed by atoms with Gasteiger partial charge in [0.05, 0.1) is 20.1 Å². The van der Waals surface area contributed by atoms with Crippen LogP contribution < -0.4 is 9.47 Å². The van der Waals surface area contributed by atoms with Gasteiger partial charge in [0.25, 0.3) is 5.72 Å². The van der Waals surface area contributed by atoms with E-state index in [4.69, 9.17) is 14.3 Å². The second kappa shape index (κ2) is 7.04. The van der Waals surface area contributed by atoms with Crippen LogP contribution in [-0.4, -0.2) is 30.8 Å². The highest BCUT2D eigenvalue weighted by molar-refractivity contribution is 7.99. The lowest BCUT2D eigenvalue weighted by Crippen LogP contribution is -2.49. The van der Waals surface area contributed by atoms with Gasteiger partial charge in [-0.3, -0.25) is 4.90 Å². The zero-order chi connectivity index (χ0) is 19.8. The first-order valence-corrected chi connectivity index (χ1v) is 10.3. The minimum atomic E-state index is -0.855. The Kier molecular flexibility index (Phi) is 4.36. The number of hydrogen-bond acceptors (Lipinski definition) is 6. The van der Waals surface area contributed by atoms with Gasteiger partial charge in [0, 0.05) is 21.6 Å². The van der Waals surface area contributed by atoms with Crippen LogP contribution in [0.1, 0.15) is 16.7 Å². The molecule has 29 heavy (non-hydrogen) atoms. The number of oxime groups is 1. The smallest absolute Gasteiger partial charge is 0.265 e. The fourth-order valence-corrected chi connectivity index (χ4v) is 5.02. The number of rotatable bonds is 4. The van der Waals surface area contributed by atoms with Gasteiger partial charge in [0.2, 0.25) is 0 Å². The average molecular weight is 404 g/mol. The Morgan fingerprint density at radius 1 is 0.931 bits per heavy atom. The van der Waals surface area contributed by atoms with Crippen LogP contribution in [0.25, 0.3) is 0 Å². The van der Waals surface area contributed by atoms with Crippen LogP contribution in [0.15, 0.2) is 82.8 Å². The molecule has 0 bridgehead atoms. The molecule has 0 aromatic heterocycles. The number of hydrogen-bond donors (Lipinski definition) is 0. The predicted octanol–water partition coefficient (Wildman–Crippen LogP) is 4.66. The van der Waals surface area contributed by atoms with Crippen molar-refractivity contribution in [1.82, 2.24) is 4.90 Å². The molecule has 5 nitrogen and oxygen atoms in total. The average Bonchev–Trinajstić information content (AvgIpc) is 3.20. The molecule has 2 heterocycles. The van der Waals surface area contributed by atoms with Crippen molar-refractivity contribution in [3.05, 3.63) is 89.5 Å². The van der Waals surface area contributed by atoms with Crippen LogP contribution in [0.2, 0.25) is 0 Å². The van der Waals surface area contributed by atoms with E-state index in [0.29, 0.717) is 17.4 Å². The molecule has 0 saturated carbocycles. The van der Waals surface area contributed by atoms with Gasteiger partial charge < -0.3 is 14.3 Å². The monoisotopic (exact) mass is 404 g/mol. The van der Waals surface area contributed by atoms with Crippen molar-refractivity contribution >= 4 is 17.6 Å². The summed E-state index contributed by atoms with van der Waals surface area (Å²) in [6.07, 6.45) is 0. The molecule has 0 saturated heterocycles. The van der Waals surface area contributed by atoms with Gasteiger partial charge in [-0.25, -0.2) is 0 Å². The van der Waals surface area contributed by atoms with Gasteiger partial charge in [-0.2, -0.15) is 0 Å². The number of fused-ring (bicyclic) bond motifs is 3. The largest absolute Gasteiger partial charge is 0.493 e. The lowest BCUT2D eigenvalue weighted by atomic mass is 9.91. The molecule has 0 fully saturated rings. The summed E-state index contributed by atoms with van der Waals surface area (Å²) >= 11 is 1.74. The molecular formula is C23H20N2O3S. The summed E-state index contributed by atoms with van der Waals surface area (Å²) in [5.41, 5.74) is 2.18. The fourth-order valence-electron chi connectivity index (χ4n) is 3.91. The summed E-state index contributed by atoms with van der Waals surface area (Å²) in [5, 5.41) is 4.55. The number of methoxy groups -OCH3 is 2. The first-order chi connectivity index (χ1) is 14.3. The van der Waals surface area contributed by atoms with Gasteiger partial charge in [0.1, 0.15) is 0 Å². The highest BCUT2D eigenvalue weighted by Gasteiger charge is 2.53. The van der Waals surface area contributed by atoms with Crippen molar-refractivity contribution in [2.75, 3.05) is 20.1 Å². The second-order valence-corrected chi connectivity index (χ2v) is 7.77. The van der Waals surface area contributed by atoms with Crippen molar-refractivity contribution in [3.63, 3.8) is 0 Å². The Labute approximate surface area is 173 Å². The van der Waals surface area contributed by atoms with Crippen molar-refractivity contribution in [1.29, 1.82) is 0 Å². The molecule has 2 aliphatic heterocycles. The van der Waals surface area contributed by atoms with E-state index in [1.165, 1.54) is 0 Å². The Morgan fingerprint density at radius 2 is 1.59 bits per heavy atom. The summed E-state index contributed by atoms with van der Waals surface area (Å²) in [4.78, 5) is 9.61. The minimum absolute atomic E-state index is 0.667. The Balaban J connectivity index is 1.73. The molecule has 5 rings (SSSR count). The molecule has 3 aromatic carbocycles. The number of ether oxygens (including phenoxy) is 2. The molecule has 0 radical (unpaired) electrons. The molecule has 146 valence electrons. The molecule has 0 spiro atoms. The number of thioether (sulfide) groups is 1. The van der Waals surface area contributed by atoms with Crippen molar-refractivity contribution < 1.29 is 14.3 Å². The van der Waals surface area contributed by atoms with Crippen molar-refractivity contribution in [2.24, 2.45) is 5.16 Å². The second-order valence-electron chi connectivity index (χ2n) is 6.79. The van der Waals surface area contributed by atoms with Crippen molar-refractivity contribution in [2.45, 2.75) is 10.6 Å². The van der Waals surface area contributed by atoms with Gasteiger partial charge >= 0.3 is 0 Å². The Hall–Kier alpha value is -3.12. The van der Waals surface area contributed by atoms with Crippen LogP contribution >= 0.6 is 11.8 Å². The van der Waals surface area contributed by atoms with Crippen LogP contribution in [0.4, 0.5) is 0 Å². The normalized spacial score (nSPS) is 19.7. The van der Waals surface area contributed by atoms with Crippen LogP contribution in [0, 0.1) is 0 Å². The van der Waals surface area contributed by atoms with Crippen molar-refractivity contribution in [3.8, 4) is 11.5 Å². The molecular weight excluding hydrogens is 384 g/mol. The summed E-state index contributed by atoms with van der Waals surface area (Å²) in [5.74, 6) is 2.89. The van der Waals surface area contributed by atoms with Crippen LogP contribution in [-0.2, 0) is 10.6 Å². The lowest BCUT2D eigenvalue weighted by molar-refractivity contribution is -0.0683. The topological polar surface area (TPSA) is 43.3 Å². The summed E-state index contributed by atoms with van der Waals surface area (Å²) < 4.78 is 11.1. The summed E-state index contributed by atoms with van der Waals surface area (Å²) in [7, 11) is 3.30. The SMILES string of the molecule is COc1cc2c(cc1OC)[C@@]1(c3ccccc3)ON=C(c3ccccc3)N1CS2. The van der Waals surface area contributed by atoms with E-state index in [0.717, 1.165) is 27.4 Å². The third kappa shape index (κ3) is 2.67. The standard InChI is InChI=1S/C23H20N2O3S/c1-26-19-13-18-21(14-20(19)27-2)29-15-25-22(16-9-5-3-6-10-16)24-28-23(18,25)17-11-7-4-8-12-17/h3-14H,15H2,1-2H3/t23-/m1/s1. The molecule has 0 amide bonds. The maximum Gasteiger partial charge on any atom is 0.265 e. The minimum Gasteiger partial charge on any atom is -0.493 e. The zero-order valence-corrected chi connectivity index (χ0v) is 17.0. The Bertz CT molecular complexity index is 1070. The van der Waals surface area contributed by atoms with Crippen LogP contribution in [0.5, 0.6) is 11.5 Å². The molecule has 0 unspecified atom stereocenters. The maximum absolute atomic E-state index is 6.30. The molecule has 1 atom stereocenters. The summed E-state index contributed by atoms with van der Waals surface area (Å²) in [6, 6.07) is 24.4. The number of nitrogens with zero attached hydrogens (tertiary/aromatic N) is 2. The van der Waals surface area contributed by atoms with E-state index >= 15 is 0 Å². The van der Waals surface area contributed by atoms with E-state index in [2.05, 4.69) is 34.3 Å². The van der Waals surface area contributed by atoms with E-state index in [-0.39, 0.29) is 0 Å². The first-order valence-electron chi connectivity index (χ1n) is 9.32. The van der Waals surface area contributed by atoms with Gasteiger partial charge in [-0.05, 0) is 12.1 Å². The Morgan fingerprint density at radius 3 is 2.28 bits per heavy atom.